The molecule has 1 N–H and O–H groups in total. The molecule has 5 heteroatoms. The minimum Gasteiger partial charge on any atom is -0.314 e. The number of rotatable bonds is 5. The Balaban J connectivity index is 2.02. The number of hydrogen-bond donors (Lipinski definition) is 1. The molecule has 1 saturated heterocycles. The number of likely N-dealkylation sites (tertiary alicyclic amines) is 1. The molecular formula is C12H23F3N2. The van der Waals surface area contributed by atoms with Gasteiger partial charge >= 0.3 is 6.18 Å². The van der Waals surface area contributed by atoms with Crippen molar-refractivity contribution in [1.82, 2.24) is 10.2 Å². The summed E-state index contributed by atoms with van der Waals surface area (Å²) in [4.78, 5) is 2.31. The Morgan fingerprint density at radius 2 is 1.94 bits per heavy atom. The molecular weight excluding hydrogens is 229 g/mol. The fraction of sp³-hybridized carbons (Fsp3) is 1.00. The van der Waals surface area contributed by atoms with E-state index in [1.54, 1.807) is 0 Å². The fourth-order valence-corrected chi connectivity index (χ4v) is 2.20. The molecule has 0 amide bonds. The second kappa shape index (κ2) is 7.21. The molecule has 0 spiro atoms. The van der Waals surface area contributed by atoms with Gasteiger partial charge in [0.15, 0.2) is 0 Å². The lowest BCUT2D eigenvalue weighted by Crippen LogP contribution is -2.31. The van der Waals surface area contributed by atoms with E-state index in [-0.39, 0.29) is 6.42 Å². The summed E-state index contributed by atoms with van der Waals surface area (Å²) >= 11 is 0. The maximum absolute atomic E-state index is 11.9. The van der Waals surface area contributed by atoms with E-state index in [4.69, 9.17) is 0 Å². The summed E-state index contributed by atoms with van der Waals surface area (Å²) in [7, 11) is 2.12. The molecule has 1 atom stereocenters. The maximum Gasteiger partial charge on any atom is 0.389 e. The Morgan fingerprint density at radius 3 is 2.65 bits per heavy atom. The quantitative estimate of drug-likeness (QED) is 0.757. The van der Waals surface area contributed by atoms with E-state index in [0.29, 0.717) is 19.0 Å². The first kappa shape index (κ1) is 14.8. The molecule has 0 radical (unpaired) electrons. The van der Waals surface area contributed by atoms with Crippen molar-refractivity contribution in [1.29, 1.82) is 0 Å². The molecule has 0 saturated carbocycles. The van der Waals surface area contributed by atoms with Crippen LogP contribution in [0.2, 0.25) is 0 Å². The summed E-state index contributed by atoms with van der Waals surface area (Å²) in [6.07, 6.45) is -0.363. The van der Waals surface area contributed by atoms with Crippen molar-refractivity contribution >= 4 is 0 Å². The SMILES string of the molecule is CN1CCCC(NCCCCC(F)(F)F)CC1. The highest BCUT2D eigenvalue weighted by molar-refractivity contribution is 4.73. The summed E-state index contributed by atoms with van der Waals surface area (Å²) in [5.41, 5.74) is 0. The third-order valence-corrected chi connectivity index (χ3v) is 3.27. The van der Waals surface area contributed by atoms with E-state index >= 15 is 0 Å². The third-order valence-electron chi connectivity index (χ3n) is 3.27. The smallest absolute Gasteiger partial charge is 0.314 e. The molecule has 0 aromatic heterocycles. The average Bonchev–Trinajstić information content (AvgIpc) is 2.41. The van der Waals surface area contributed by atoms with Gasteiger partial charge < -0.3 is 10.2 Å². The highest BCUT2D eigenvalue weighted by Gasteiger charge is 2.25. The standard InChI is InChI=1S/C12H23F3N2/c1-17-9-4-5-11(6-10-17)16-8-3-2-7-12(13,14)15/h11,16H,2-10H2,1H3. The molecule has 1 heterocycles. The summed E-state index contributed by atoms with van der Waals surface area (Å²) < 4.78 is 35.7. The molecule has 0 bridgehead atoms. The molecule has 102 valence electrons. The highest BCUT2D eigenvalue weighted by Crippen LogP contribution is 2.21. The van der Waals surface area contributed by atoms with E-state index < -0.39 is 12.6 Å². The van der Waals surface area contributed by atoms with Gasteiger partial charge in [0.25, 0.3) is 0 Å². The highest BCUT2D eigenvalue weighted by atomic mass is 19.4. The molecule has 1 rings (SSSR count). The van der Waals surface area contributed by atoms with Crippen molar-refractivity contribution in [3.05, 3.63) is 0 Å². The summed E-state index contributed by atoms with van der Waals surface area (Å²) in [6, 6.07) is 0.492. The number of hydrogen-bond acceptors (Lipinski definition) is 2. The fourth-order valence-electron chi connectivity index (χ4n) is 2.20. The van der Waals surface area contributed by atoms with Gasteiger partial charge in [-0.15, -0.1) is 0 Å². The van der Waals surface area contributed by atoms with Gasteiger partial charge in [-0.25, -0.2) is 0 Å². The molecule has 0 aromatic rings. The second-order valence-electron chi connectivity index (χ2n) is 4.96. The Bertz CT molecular complexity index is 206. The van der Waals surface area contributed by atoms with Crippen LogP contribution in [0.4, 0.5) is 13.2 Å². The maximum atomic E-state index is 11.9. The van der Waals surface area contributed by atoms with Gasteiger partial charge in [-0.1, -0.05) is 0 Å². The van der Waals surface area contributed by atoms with Gasteiger partial charge in [0.05, 0.1) is 0 Å². The van der Waals surface area contributed by atoms with Crippen LogP contribution in [0, 0.1) is 0 Å². The predicted molar refractivity (Wildman–Crippen MR) is 63.0 cm³/mol. The zero-order valence-corrected chi connectivity index (χ0v) is 10.5. The van der Waals surface area contributed by atoms with Crippen molar-refractivity contribution in [3.8, 4) is 0 Å². The monoisotopic (exact) mass is 252 g/mol. The first-order valence-electron chi connectivity index (χ1n) is 6.46. The van der Waals surface area contributed by atoms with Crippen LogP contribution in [-0.2, 0) is 0 Å². The van der Waals surface area contributed by atoms with E-state index in [1.807, 2.05) is 0 Å². The van der Waals surface area contributed by atoms with E-state index in [0.717, 1.165) is 25.9 Å². The second-order valence-corrected chi connectivity index (χ2v) is 4.96. The van der Waals surface area contributed by atoms with Crippen LogP contribution in [0.1, 0.15) is 38.5 Å². The van der Waals surface area contributed by atoms with Crippen LogP contribution in [0.3, 0.4) is 0 Å². The predicted octanol–water partition coefficient (Wildman–Crippen LogP) is 2.79. The Labute approximate surface area is 102 Å². The molecule has 1 unspecified atom stereocenters. The van der Waals surface area contributed by atoms with Gasteiger partial charge in [-0.3, -0.25) is 0 Å². The first-order chi connectivity index (χ1) is 7.97. The number of nitrogens with one attached hydrogen (secondary N) is 1. The largest absolute Gasteiger partial charge is 0.389 e. The lowest BCUT2D eigenvalue weighted by molar-refractivity contribution is -0.135. The Morgan fingerprint density at radius 1 is 1.18 bits per heavy atom. The van der Waals surface area contributed by atoms with Crippen molar-refractivity contribution in [2.45, 2.75) is 50.7 Å². The van der Waals surface area contributed by atoms with E-state index in [2.05, 4.69) is 17.3 Å². The van der Waals surface area contributed by atoms with Gasteiger partial charge in [0, 0.05) is 12.5 Å². The van der Waals surface area contributed by atoms with Crippen LogP contribution >= 0.6 is 0 Å². The minimum absolute atomic E-state index is 0.239. The zero-order valence-electron chi connectivity index (χ0n) is 10.5. The van der Waals surface area contributed by atoms with Crippen LogP contribution < -0.4 is 5.32 Å². The lowest BCUT2D eigenvalue weighted by atomic mass is 10.1. The van der Waals surface area contributed by atoms with Gasteiger partial charge in [-0.05, 0) is 58.8 Å². The van der Waals surface area contributed by atoms with Gasteiger partial charge in [-0.2, -0.15) is 13.2 Å². The molecule has 2 nitrogen and oxygen atoms in total. The normalized spacial score (nSPS) is 23.6. The van der Waals surface area contributed by atoms with Gasteiger partial charge in [0.2, 0.25) is 0 Å². The van der Waals surface area contributed by atoms with Crippen molar-refractivity contribution in [2.24, 2.45) is 0 Å². The summed E-state index contributed by atoms with van der Waals surface area (Å²) in [5, 5.41) is 3.37. The van der Waals surface area contributed by atoms with Crippen molar-refractivity contribution in [3.63, 3.8) is 0 Å². The van der Waals surface area contributed by atoms with Crippen LogP contribution in [0.5, 0.6) is 0 Å². The van der Waals surface area contributed by atoms with Crippen LogP contribution in [0.15, 0.2) is 0 Å². The molecule has 0 aromatic carbocycles. The first-order valence-corrected chi connectivity index (χ1v) is 6.46. The minimum atomic E-state index is -4.00. The van der Waals surface area contributed by atoms with Crippen LogP contribution in [0.25, 0.3) is 0 Å². The zero-order chi connectivity index (χ0) is 12.7. The molecule has 1 aliphatic heterocycles. The number of halogens is 3. The van der Waals surface area contributed by atoms with Crippen molar-refractivity contribution < 1.29 is 13.2 Å². The van der Waals surface area contributed by atoms with E-state index in [1.165, 1.54) is 6.42 Å². The summed E-state index contributed by atoms with van der Waals surface area (Å²) in [5.74, 6) is 0. The molecule has 1 aliphatic rings. The number of nitrogens with zero attached hydrogens (tertiary/aromatic N) is 1. The Kier molecular flexibility index (Phi) is 6.27. The molecule has 1 fully saturated rings. The topological polar surface area (TPSA) is 15.3 Å². The Hall–Kier alpha value is -0.290. The summed E-state index contributed by atoms with van der Waals surface area (Å²) in [6.45, 7) is 2.93. The molecule has 0 aliphatic carbocycles. The van der Waals surface area contributed by atoms with Gasteiger partial charge in [0.1, 0.15) is 0 Å². The van der Waals surface area contributed by atoms with Crippen molar-refractivity contribution in [2.75, 3.05) is 26.7 Å². The third kappa shape index (κ3) is 7.60. The van der Waals surface area contributed by atoms with Crippen LogP contribution in [-0.4, -0.2) is 43.8 Å². The van der Waals surface area contributed by atoms with E-state index in [9.17, 15) is 13.2 Å². The number of unbranched alkanes of at least 4 members (excludes halogenated alkanes) is 1. The lowest BCUT2D eigenvalue weighted by Gasteiger charge is -2.16. The average molecular weight is 252 g/mol. The molecule has 17 heavy (non-hydrogen) atoms. The number of alkyl halides is 3.